The van der Waals surface area contributed by atoms with Gasteiger partial charge in [-0.1, -0.05) is 18.7 Å². The molecule has 0 amide bonds. The normalized spacial score (nSPS) is 33.3. The van der Waals surface area contributed by atoms with Crippen LogP contribution < -0.4 is 0 Å². The summed E-state index contributed by atoms with van der Waals surface area (Å²) in [4.78, 5) is 12.3. The average Bonchev–Trinajstić information content (AvgIpc) is 2.60. The van der Waals surface area contributed by atoms with E-state index in [0.717, 1.165) is 30.9 Å². The Bertz CT molecular complexity index is 868. The molecule has 4 aliphatic rings. The zero-order chi connectivity index (χ0) is 20.2. The van der Waals surface area contributed by atoms with Crippen molar-refractivity contribution >= 4 is 16.1 Å². The van der Waals surface area contributed by atoms with Gasteiger partial charge in [0.25, 0.3) is 10.1 Å². The quantitative estimate of drug-likeness (QED) is 0.305. The van der Waals surface area contributed by atoms with Crippen molar-refractivity contribution in [3.63, 3.8) is 0 Å². The molecule has 6 heteroatoms. The Kier molecular flexibility index (Phi) is 4.70. The van der Waals surface area contributed by atoms with Gasteiger partial charge in [0.15, 0.2) is 0 Å². The van der Waals surface area contributed by atoms with E-state index in [1.54, 1.807) is 19.1 Å². The molecule has 152 valence electrons. The van der Waals surface area contributed by atoms with Gasteiger partial charge in [0, 0.05) is 18.4 Å². The van der Waals surface area contributed by atoms with Crippen molar-refractivity contribution in [3.05, 3.63) is 42.5 Å². The Balaban J connectivity index is 1.73. The summed E-state index contributed by atoms with van der Waals surface area (Å²) >= 11 is 0. The van der Waals surface area contributed by atoms with Gasteiger partial charge in [-0.2, -0.15) is 8.42 Å². The Morgan fingerprint density at radius 3 is 2.25 bits per heavy atom. The summed E-state index contributed by atoms with van der Waals surface area (Å²) in [5, 5.41) is 0. The van der Waals surface area contributed by atoms with Crippen LogP contribution in [-0.4, -0.2) is 20.2 Å². The molecule has 4 bridgehead atoms. The topological polar surface area (TPSA) is 69.7 Å². The first kappa shape index (κ1) is 19.6. The van der Waals surface area contributed by atoms with Crippen LogP contribution in [0.25, 0.3) is 0 Å². The Labute approximate surface area is 167 Å². The number of hydrogen-bond acceptors (Lipinski definition) is 5. The van der Waals surface area contributed by atoms with Crippen LogP contribution >= 0.6 is 0 Å². The fourth-order valence-corrected chi connectivity index (χ4v) is 7.44. The van der Waals surface area contributed by atoms with Gasteiger partial charge in [-0.25, -0.2) is 8.98 Å². The third-order valence-electron chi connectivity index (χ3n) is 7.01. The Hall–Kier alpha value is -1.66. The third-order valence-corrected chi connectivity index (χ3v) is 8.38. The van der Waals surface area contributed by atoms with Crippen molar-refractivity contribution < 1.29 is 22.1 Å². The zero-order valence-corrected chi connectivity index (χ0v) is 17.3. The Morgan fingerprint density at radius 2 is 1.75 bits per heavy atom. The molecule has 4 aliphatic carbocycles. The molecule has 0 heterocycles. The van der Waals surface area contributed by atoms with Crippen molar-refractivity contribution in [2.75, 3.05) is 0 Å². The van der Waals surface area contributed by atoms with E-state index in [1.807, 2.05) is 13.0 Å². The lowest BCUT2D eigenvalue weighted by atomic mass is 9.47. The second-order valence-electron chi connectivity index (χ2n) is 9.12. The molecular weight excluding hydrogens is 376 g/mol. The lowest BCUT2D eigenvalue weighted by molar-refractivity contribution is -0.269. The van der Waals surface area contributed by atoms with Gasteiger partial charge in [-0.15, -0.1) is 0 Å². The molecule has 0 radical (unpaired) electrons. The molecule has 0 spiro atoms. The summed E-state index contributed by atoms with van der Waals surface area (Å²) in [5.74, 6) is -0.538. The van der Waals surface area contributed by atoms with Gasteiger partial charge < -0.3 is 4.74 Å². The molecule has 1 aromatic rings. The zero-order valence-electron chi connectivity index (χ0n) is 16.5. The maximum atomic E-state index is 13.1. The summed E-state index contributed by atoms with van der Waals surface area (Å²) in [6.07, 6.45) is 7.15. The van der Waals surface area contributed by atoms with Crippen LogP contribution in [0.5, 0.6) is 0 Å². The van der Waals surface area contributed by atoms with E-state index in [0.29, 0.717) is 17.8 Å². The van der Waals surface area contributed by atoms with Crippen molar-refractivity contribution in [1.82, 2.24) is 0 Å². The van der Waals surface area contributed by atoms with Gasteiger partial charge in [-0.3, -0.25) is 0 Å². The number of aryl methyl sites for hydroxylation is 1. The summed E-state index contributed by atoms with van der Waals surface area (Å²) in [6, 6.07) is 6.60. The van der Waals surface area contributed by atoms with Crippen LogP contribution in [0, 0.1) is 30.1 Å². The van der Waals surface area contributed by atoms with Crippen molar-refractivity contribution in [3.8, 4) is 0 Å². The predicted octanol–water partition coefficient (Wildman–Crippen LogP) is 4.36. The highest BCUT2D eigenvalue weighted by Crippen LogP contribution is 2.65. The maximum Gasteiger partial charge on any atom is 0.332 e. The fourth-order valence-electron chi connectivity index (χ4n) is 6.14. The molecule has 4 saturated carbocycles. The first-order valence-corrected chi connectivity index (χ1v) is 11.4. The highest BCUT2D eigenvalue weighted by molar-refractivity contribution is 7.86. The number of ether oxygens (including phenoxy) is 1. The van der Waals surface area contributed by atoms with Crippen LogP contribution in [0.15, 0.2) is 41.8 Å². The molecule has 1 atom stereocenters. The number of esters is 1. The summed E-state index contributed by atoms with van der Waals surface area (Å²) in [7, 11) is -4.10. The van der Waals surface area contributed by atoms with E-state index >= 15 is 0 Å². The molecule has 28 heavy (non-hydrogen) atoms. The number of hydrogen-bond donors (Lipinski definition) is 0. The third kappa shape index (κ3) is 3.30. The molecule has 1 aromatic carbocycles. The minimum Gasteiger partial charge on any atom is -0.428 e. The maximum absolute atomic E-state index is 13.1. The smallest absolute Gasteiger partial charge is 0.332 e. The largest absolute Gasteiger partial charge is 0.428 e. The molecule has 5 rings (SSSR count). The predicted molar refractivity (Wildman–Crippen MR) is 105 cm³/mol. The van der Waals surface area contributed by atoms with Crippen LogP contribution in [0.2, 0.25) is 0 Å². The van der Waals surface area contributed by atoms with Crippen LogP contribution in [0.4, 0.5) is 0 Å². The number of carbonyl (C=O) groups is 1. The standard InChI is InChI=1S/C22H28O5S/c1-4-20(23)26-21(3,27-28(24,25)19-7-5-6-15(2)8-19)22-12-16-9-17(13-22)11-18(10-16)14-22/h4-8,16-18H,1,9-14H2,2-3H3. The number of carbonyl (C=O) groups excluding carboxylic acids is 1. The molecule has 4 fully saturated rings. The molecule has 5 nitrogen and oxygen atoms in total. The van der Waals surface area contributed by atoms with E-state index in [4.69, 9.17) is 8.92 Å². The van der Waals surface area contributed by atoms with E-state index < -0.39 is 27.3 Å². The van der Waals surface area contributed by atoms with Crippen molar-refractivity contribution in [2.45, 2.75) is 63.1 Å². The van der Waals surface area contributed by atoms with E-state index in [-0.39, 0.29) is 4.90 Å². The molecule has 0 aliphatic heterocycles. The first-order valence-electron chi connectivity index (χ1n) is 10.0. The lowest BCUT2D eigenvalue weighted by Gasteiger charge is -2.61. The highest BCUT2D eigenvalue weighted by Gasteiger charge is 2.63. The van der Waals surface area contributed by atoms with Crippen LogP contribution in [-0.2, 0) is 23.8 Å². The second-order valence-corrected chi connectivity index (χ2v) is 10.7. The van der Waals surface area contributed by atoms with E-state index in [2.05, 4.69) is 6.58 Å². The second kappa shape index (κ2) is 6.70. The van der Waals surface area contributed by atoms with E-state index in [9.17, 15) is 13.2 Å². The van der Waals surface area contributed by atoms with Gasteiger partial charge in [0.2, 0.25) is 5.79 Å². The summed E-state index contributed by atoms with van der Waals surface area (Å²) in [6.45, 7) is 6.94. The average molecular weight is 405 g/mol. The number of rotatable bonds is 6. The molecule has 1 unspecified atom stereocenters. The SMILES string of the molecule is C=CC(=O)OC(C)(OS(=O)(=O)c1cccc(C)c1)C12CC3CC(CC(C3)C1)C2. The molecule has 0 N–H and O–H groups in total. The monoisotopic (exact) mass is 404 g/mol. The highest BCUT2D eigenvalue weighted by atomic mass is 32.2. The fraction of sp³-hybridized carbons (Fsp3) is 0.591. The molecule has 0 aromatic heterocycles. The van der Waals surface area contributed by atoms with Gasteiger partial charge in [0.05, 0.1) is 4.90 Å². The lowest BCUT2D eigenvalue weighted by Crippen LogP contribution is -2.60. The van der Waals surface area contributed by atoms with Crippen molar-refractivity contribution in [2.24, 2.45) is 23.2 Å². The first-order chi connectivity index (χ1) is 13.1. The van der Waals surface area contributed by atoms with Crippen molar-refractivity contribution in [1.29, 1.82) is 0 Å². The summed E-state index contributed by atoms with van der Waals surface area (Å²) in [5.41, 5.74) is 0.349. The summed E-state index contributed by atoms with van der Waals surface area (Å²) < 4.78 is 37.8. The van der Waals surface area contributed by atoms with E-state index in [1.165, 1.54) is 25.3 Å². The minimum atomic E-state index is -4.10. The Morgan fingerprint density at radius 1 is 1.18 bits per heavy atom. The van der Waals surface area contributed by atoms with Crippen LogP contribution in [0.3, 0.4) is 0 Å². The molecular formula is C22H28O5S. The van der Waals surface area contributed by atoms with Gasteiger partial charge in [0.1, 0.15) is 0 Å². The van der Waals surface area contributed by atoms with Gasteiger partial charge in [-0.05, 0) is 80.9 Å². The van der Waals surface area contributed by atoms with Gasteiger partial charge >= 0.3 is 5.97 Å². The minimum absolute atomic E-state index is 0.0816. The molecule has 0 saturated heterocycles. The van der Waals surface area contributed by atoms with Crippen LogP contribution in [0.1, 0.15) is 51.0 Å². The number of benzene rings is 1.